The number of carbonyl (C=O) groups is 3. The minimum Gasteiger partial charge on any atom is -0.507 e. The number of aromatic hydroxyl groups is 1. The molecule has 0 bridgehead atoms. The number of hydrogen-bond donors (Lipinski definition) is 3. The number of nitrogens with zero attached hydrogens (tertiary/aromatic N) is 1. The number of phenolic OH excluding ortho intramolecular Hbond substituents is 1. The van der Waals surface area contributed by atoms with Crippen LogP contribution < -0.4 is 10.9 Å². The van der Waals surface area contributed by atoms with Crippen LogP contribution in [-0.2, 0) is 9.59 Å². The van der Waals surface area contributed by atoms with Gasteiger partial charge in [0, 0.05) is 6.54 Å². The van der Waals surface area contributed by atoms with Gasteiger partial charge in [0.2, 0.25) is 11.8 Å². The predicted molar refractivity (Wildman–Crippen MR) is 101 cm³/mol. The lowest BCUT2D eigenvalue weighted by Crippen LogP contribution is -2.48. The van der Waals surface area contributed by atoms with Crippen molar-refractivity contribution in [2.75, 3.05) is 6.54 Å². The van der Waals surface area contributed by atoms with Gasteiger partial charge in [-0.1, -0.05) is 38.1 Å². The van der Waals surface area contributed by atoms with Crippen LogP contribution in [0, 0.1) is 5.92 Å². The highest BCUT2D eigenvalue weighted by Gasteiger charge is 2.38. The average molecular weight is 369 g/mol. The number of benzene rings is 2. The summed E-state index contributed by atoms with van der Waals surface area (Å²) < 4.78 is 0. The Morgan fingerprint density at radius 2 is 1.89 bits per heavy atom. The summed E-state index contributed by atoms with van der Waals surface area (Å²) in [6, 6.07) is 9.66. The van der Waals surface area contributed by atoms with Crippen LogP contribution in [0.1, 0.15) is 37.0 Å². The number of likely N-dealkylation sites (tertiary alicyclic amines) is 1. The molecule has 0 radical (unpaired) electrons. The lowest BCUT2D eigenvalue weighted by molar-refractivity contribution is -0.139. The molecule has 2 aromatic rings. The minimum absolute atomic E-state index is 0.000904. The first kappa shape index (κ1) is 18.8. The van der Waals surface area contributed by atoms with Gasteiger partial charge in [-0.3, -0.25) is 24.7 Å². The molecule has 3 rings (SSSR count). The highest BCUT2D eigenvalue weighted by molar-refractivity contribution is 6.06. The summed E-state index contributed by atoms with van der Waals surface area (Å²) in [6.45, 7) is 4.43. The van der Waals surface area contributed by atoms with Crippen molar-refractivity contribution in [3.05, 3.63) is 42.0 Å². The molecule has 3 N–H and O–H groups in total. The average Bonchev–Trinajstić information content (AvgIpc) is 2.90. The Bertz CT molecular complexity index is 894. The van der Waals surface area contributed by atoms with Crippen LogP contribution in [0.2, 0.25) is 0 Å². The van der Waals surface area contributed by atoms with Crippen LogP contribution in [0.3, 0.4) is 0 Å². The Hall–Kier alpha value is -2.93. The summed E-state index contributed by atoms with van der Waals surface area (Å²) in [5.41, 5.74) is 5.16. The first-order chi connectivity index (χ1) is 12.9. The van der Waals surface area contributed by atoms with Gasteiger partial charge in [0.25, 0.3) is 5.91 Å². The van der Waals surface area contributed by atoms with Gasteiger partial charge in [0.1, 0.15) is 11.8 Å². The zero-order valence-electron chi connectivity index (χ0n) is 15.4. The molecule has 2 aromatic carbocycles. The monoisotopic (exact) mass is 369 g/mol. The third-order valence-electron chi connectivity index (χ3n) is 4.64. The normalized spacial score (nSPS) is 17.1. The van der Waals surface area contributed by atoms with Crippen molar-refractivity contribution in [3.8, 4) is 5.75 Å². The van der Waals surface area contributed by atoms with Crippen molar-refractivity contribution in [3.63, 3.8) is 0 Å². The molecule has 0 spiro atoms. The Balaban J connectivity index is 1.65. The van der Waals surface area contributed by atoms with Crippen molar-refractivity contribution in [2.24, 2.45) is 5.92 Å². The largest absolute Gasteiger partial charge is 0.507 e. The number of rotatable bonds is 6. The topological polar surface area (TPSA) is 98.7 Å². The lowest BCUT2D eigenvalue weighted by atomic mass is 10.1. The smallest absolute Gasteiger partial charge is 0.269 e. The molecular weight excluding hydrogens is 346 g/mol. The van der Waals surface area contributed by atoms with Crippen LogP contribution in [-0.4, -0.2) is 40.3 Å². The molecule has 27 heavy (non-hydrogen) atoms. The van der Waals surface area contributed by atoms with Gasteiger partial charge >= 0.3 is 0 Å². The summed E-state index contributed by atoms with van der Waals surface area (Å²) in [6.07, 6.45) is 0.739. The highest BCUT2D eigenvalue weighted by atomic mass is 16.3. The Kier molecular flexibility index (Phi) is 5.41. The summed E-state index contributed by atoms with van der Waals surface area (Å²) in [5.74, 6) is -0.933. The van der Waals surface area contributed by atoms with E-state index in [0.717, 1.165) is 17.2 Å². The molecule has 7 nitrogen and oxygen atoms in total. The van der Waals surface area contributed by atoms with Gasteiger partial charge in [-0.25, -0.2) is 5.43 Å². The van der Waals surface area contributed by atoms with Crippen molar-refractivity contribution in [1.82, 2.24) is 15.8 Å². The van der Waals surface area contributed by atoms with Crippen molar-refractivity contribution < 1.29 is 19.5 Å². The molecule has 0 aliphatic carbocycles. The molecule has 1 aliphatic rings. The number of phenols is 1. The van der Waals surface area contributed by atoms with E-state index in [4.69, 9.17) is 0 Å². The van der Waals surface area contributed by atoms with Gasteiger partial charge < -0.3 is 5.11 Å². The number of carbonyl (C=O) groups excluding carboxylic acids is 3. The Morgan fingerprint density at radius 1 is 1.22 bits per heavy atom. The quantitative estimate of drug-likeness (QED) is 0.534. The van der Waals surface area contributed by atoms with Crippen molar-refractivity contribution >= 4 is 28.5 Å². The highest BCUT2D eigenvalue weighted by Crippen LogP contribution is 2.24. The second-order valence-corrected chi connectivity index (χ2v) is 7.14. The maximum atomic E-state index is 12.4. The minimum atomic E-state index is -0.795. The fourth-order valence-electron chi connectivity index (χ4n) is 3.05. The van der Waals surface area contributed by atoms with Gasteiger partial charge in [0.15, 0.2) is 0 Å². The molecule has 7 heteroatoms. The third kappa shape index (κ3) is 4.09. The van der Waals surface area contributed by atoms with E-state index < -0.39 is 11.9 Å². The second-order valence-electron chi connectivity index (χ2n) is 7.14. The molecule has 0 saturated carbocycles. The molecule has 1 heterocycles. The van der Waals surface area contributed by atoms with Crippen molar-refractivity contribution in [1.29, 1.82) is 0 Å². The summed E-state index contributed by atoms with van der Waals surface area (Å²) in [5, 5.41) is 11.7. The van der Waals surface area contributed by atoms with E-state index in [0.29, 0.717) is 12.5 Å². The standard InChI is InChI=1S/C20H23N3O4/c1-12(2)7-8-23-18(25)11-16(20(23)27)21-22-19(26)15-9-13-5-3-4-6-14(13)10-17(15)24/h3-6,9-10,12,16,21,24H,7-8,11H2,1-2H3,(H,22,26)/t16-/m1/s1. The number of amides is 3. The molecule has 1 atom stereocenters. The van der Waals surface area contributed by atoms with E-state index in [1.807, 2.05) is 38.1 Å². The summed E-state index contributed by atoms with van der Waals surface area (Å²) in [7, 11) is 0. The van der Waals surface area contributed by atoms with Crippen molar-refractivity contribution in [2.45, 2.75) is 32.7 Å². The molecular formula is C20H23N3O4. The number of hydrazine groups is 1. The fourth-order valence-corrected chi connectivity index (χ4v) is 3.05. The number of imide groups is 1. The van der Waals surface area contributed by atoms with Crippen LogP contribution in [0.4, 0.5) is 0 Å². The second kappa shape index (κ2) is 7.75. The van der Waals surface area contributed by atoms with E-state index in [1.54, 1.807) is 6.07 Å². The molecule has 1 fully saturated rings. The molecule has 0 unspecified atom stereocenters. The molecule has 1 saturated heterocycles. The van der Waals surface area contributed by atoms with Crippen LogP contribution in [0.5, 0.6) is 5.75 Å². The van der Waals surface area contributed by atoms with Crippen LogP contribution in [0.25, 0.3) is 10.8 Å². The van der Waals surface area contributed by atoms with Gasteiger partial charge in [-0.05, 0) is 35.2 Å². The number of nitrogens with one attached hydrogen (secondary N) is 2. The van der Waals surface area contributed by atoms with Gasteiger partial charge in [-0.15, -0.1) is 0 Å². The first-order valence-electron chi connectivity index (χ1n) is 8.98. The first-order valence-corrected chi connectivity index (χ1v) is 8.98. The van der Waals surface area contributed by atoms with Gasteiger partial charge in [-0.2, -0.15) is 0 Å². The lowest BCUT2D eigenvalue weighted by Gasteiger charge is -2.17. The SMILES string of the molecule is CC(C)CCN1C(=O)C[C@@H](NNC(=O)c2cc3ccccc3cc2O)C1=O. The summed E-state index contributed by atoms with van der Waals surface area (Å²) in [4.78, 5) is 38.0. The summed E-state index contributed by atoms with van der Waals surface area (Å²) >= 11 is 0. The van der Waals surface area contributed by atoms with Crippen LogP contribution >= 0.6 is 0 Å². The van der Waals surface area contributed by atoms with Crippen LogP contribution in [0.15, 0.2) is 36.4 Å². The number of hydrogen-bond acceptors (Lipinski definition) is 5. The number of fused-ring (bicyclic) bond motifs is 1. The Labute approximate surface area is 157 Å². The molecule has 0 aromatic heterocycles. The Morgan fingerprint density at radius 3 is 2.56 bits per heavy atom. The molecule has 3 amide bonds. The van der Waals surface area contributed by atoms with E-state index in [-0.39, 0.29) is 29.5 Å². The zero-order valence-corrected chi connectivity index (χ0v) is 15.4. The van der Waals surface area contributed by atoms with E-state index in [1.165, 1.54) is 11.0 Å². The van der Waals surface area contributed by atoms with E-state index >= 15 is 0 Å². The third-order valence-corrected chi connectivity index (χ3v) is 4.64. The molecule has 1 aliphatic heterocycles. The molecule has 142 valence electrons. The predicted octanol–water partition coefficient (Wildman–Crippen LogP) is 1.95. The maximum Gasteiger partial charge on any atom is 0.269 e. The van der Waals surface area contributed by atoms with E-state index in [9.17, 15) is 19.5 Å². The maximum absolute atomic E-state index is 12.4. The van der Waals surface area contributed by atoms with E-state index in [2.05, 4.69) is 10.9 Å². The zero-order chi connectivity index (χ0) is 19.6. The fraction of sp³-hybridized carbons (Fsp3) is 0.350. The van der Waals surface area contributed by atoms with Gasteiger partial charge in [0.05, 0.1) is 12.0 Å².